The monoisotopic (exact) mass is 358 g/mol. The van der Waals surface area contributed by atoms with Gasteiger partial charge in [-0.2, -0.15) is 0 Å². The number of aliphatic carboxylic acids is 1. The zero-order chi connectivity index (χ0) is 17.6. The molecule has 6 nitrogen and oxygen atoms in total. The van der Waals surface area contributed by atoms with Gasteiger partial charge in [-0.25, -0.2) is 0 Å². The molecule has 1 aromatic carbocycles. The summed E-state index contributed by atoms with van der Waals surface area (Å²) in [7, 11) is 0. The number of aromatic nitrogens is 1. The highest BCUT2D eigenvalue weighted by Crippen LogP contribution is 2.30. The van der Waals surface area contributed by atoms with Gasteiger partial charge in [-0.1, -0.05) is 6.07 Å². The van der Waals surface area contributed by atoms with Crippen LogP contribution < -0.4 is 10.1 Å². The van der Waals surface area contributed by atoms with Crippen LogP contribution >= 0.6 is 11.8 Å². The maximum absolute atomic E-state index is 12.2. The number of benzene rings is 1. The van der Waals surface area contributed by atoms with Gasteiger partial charge in [0.2, 0.25) is 0 Å². The molecule has 25 heavy (non-hydrogen) atoms. The quantitative estimate of drug-likeness (QED) is 0.738. The van der Waals surface area contributed by atoms with Crippen molar-refractivity contribution in [2.24, 2.45) is 0 Å². The van der Waals surface area contributed by atoms with Crippen LogP contribution in [0.5, 0.6) is 5.75 Å². The maximum Gasteiger partial charge on any atom is 0.313 e. The van der Waals surface area contributed by atoms with E-state index in [0.29, 0.717) is 24.5 Å². The second-order valence-electron chi connectivity index (χ2n) is 5.59. The molecule has 0 unspecified atom stereocenters. The van der Waals surface area contributed by atoms with Crippen molar-refractivity contribution in [3.05, 3.63) is 47.8 Å². The Hall–Kier alpha value is -2.54. The Balaban J connectivity index is 1.63. The van der Waals surface area contributed by atoms with Gasteiger partial charge in [-0.05, 0) is 29.3 Å². The van der Waals surface area contributed by atoms with Gasteiger partial charge in [0.25, 0.3) is 5.91 Å². The van der Waals surface area contributed by atoms with Gasteiger partial charge in [0.1, 0.15) is 5.75 Å². The van der Waals surface area contributed by atoms with E-state index < -0.39 is 5.97 Å². The molecule has 3 rings (SSSR count). The Kier molecular flexibility index (Phi) is 5.55. The van der Waals surface area contributed by atoms with E-state index in [1.54, 1.807) is 6.20 Å². The van der Waals surface area contributed by atoms with Crippen molar-refractivity contribution in [1.29, 1.82) is 0 Å². The number of nitrogens with one attached hydrogen (secondary N) is 1. The predicted octanol–water partition coefficient (Wildman–Crippen LogP) is 2.23. The molecule has 1 aliphatic heterocycles. The van der Waals surface area contributed by atoms with Crippen molar-refractivity contribution in [3.8, 4) is 16.9 Å². The highest BCUT2D eigenvalue weighted by molar-refractivity contribution is 7.99. The summed E-state index contributed by atoms with van der Waals surface area (Å²) >= 11 is 1.27. The lowest BCUT2D eigenvalue weighted by atomic mass is 10.0. The van der Waals surface area contributed by atoms with E-state index in [9.17, 15) is 9.59 Å². The molecule has 1 aliphatic rings. The van der Waals surface area contributed by atoms with Crippen LogP contribution in [0.4, 0.5) is 0 Å². The average Bonchev–Trinajstić information content (AvgIpc) is 3.09. The largest absolute Gasteiger partial charge is 0.493 e. The molecule has 1 amide bonds. The van der Waals surface area contributed by atoms with Gasteiger partial charge in [0.05, 0.1) is 17.9 Å². The number of pyridine rings is 1. The molecule has 1 aromatic heterocycles. The fraction of sp³-hybridized carbons (Fsp3) is 0.278. The van der Waals surface area contributed by atoms with E-state index in [1.165, 1.54) is 23.5 Å². The number of hydrogen-bond donors (Lipinski definition) is 2. The summed E-state index contributed by atoms with van der Waals surface area (Å²) in [5.41, 5.74) is 3.53. The van der Waals surface area contributed by atoms with Gasteiger partial charge < -0.3 is 15.2 Å². The fourth-order valence-corrected chi connectivity index (χ4v) is 3.15. The van der Waals surface area contributed by atoms with E-state index in [0.717, 1.165) is 23.3 Å². The summed E-state index contributed by atoms with van der Waals surface area (Å²) in [4.78, 5) is 26.8. The molecule has 7 heteroatoms. The van der Waals surface area contributed by atoms with Crippen LogP contribution in [0.2, 0.25) is 0 Å². The molecule has 0 aliphatic carbocycles. The number of hydrogen-bond acceptors (Lipinski definition) is 5. The zero-order valence-corrected chi connectivity index (χ0v) is 14.3. The molecule has 0 atom stereocenters. The summed E-state index contributed by atoms with van der Waals surface area (Å²) in [5, 5.41) is 11.4. The third-order valence-electron chi connectivity index (χ3n) is 3.78. The first kappa shape index (κ1) is 17.3. The number of carboxylic acids is 1. The first-order chi connectivity index (χ1) is 12.1. The van der Waals surface area contributed by atoms with Gasteiger partial charge >= 0.3 is 5.97 Å². The van der Waals surface area contributed by atoms with Gasteiger partial charge in [0, 0.05) is 36.7 Å². The van der Waals surface area contributed by atoms with Crippen molar-refractivity contribution >= 4 is 23.6 Å². The molecule has 0 spiro atoms. The molecule has 2 N–H and O–H groups in total. The summed E-state index contributed by atoms with van der Waals surface area (Å²) in [6.07, 6.45) is 4.15. The number of amides is 1. The zero-order valence-electron chi connectivity index (χ0n) is 13.5. The van der Waals surface area contributed by atoms with Crippen molar-refractivity contribution in [2.75, 3.05) is 24.7 Å². The van der Waals surface area contributed by atoms with E-state index >= 15 is 0 Å². The highest BCUT2D eigenvalue weighted by Gasteiger charge is 2.14. The number of nitrogens with zero attached hydrogens (tertiary/aromatic N) is 1. The summed E-state index contributed by atoms with van der Waals surface area (Å²) < 4.78 is 5.51. The SMILES string of the molecule is O=C(O)CSCCNC(=O)c1cncc(-c2ccc3c(c2)CCO3)c1. The van der Waals surface area contributed by atoms with Crippen LogP contribution in [0.1, 0.15) is 15.9 Å². The highest BCUT2D eigenvalue weighted by atomic mass is 32.2. The third-order valence-corrected chi connectivity index (χ3v) is 4.72. The lowest BCUT2D eigenvalue weighted by molar-refractivity contribution is -0.133. The first-order valence-corrected chi connectivity index (χ1v) is 9.08. The van der Waals surface area contributed by atoms with Gasteiger partial charge in [-0.15, -0.1) is 11.8 Å². The smallest absolute Gasteiger partial charge is 0.313 e. The normalized spacial score (nSPS) is 12.3. The van der Waals surface area contributed by atoms with E-state index in [-0.39, 0.29) is 11.7 Å². The molecule has 0 saturated carbocycles. The Morgan fingerprint density at radius 1 is 1.24 bits per heavy atom. The Morgan fingerprint density at radius 3 is 2.96 bits per heavy atom. The maximum atomic E-state index is 12.2. The van der Waals surface area contributed by atoms with Crippen molar-refractivity contribution in [1.82, 2.24) is 10.3 Å². The van der Waals surface area contributed by atoms with Gasteiger partial charge in [-0.3, -0.25) is 14.6 Å². The topological polar surface area (TPSA) is 88.5 Å². The number of carbonyl (C=O) groups is 2. The Bertz CT molecular complexity index is 794. The molecule has 130 valence electrons. The number of fused-ring (bicyclic) bond motifs is 1. The second-order valence-corrected chi connectivity index (χ2v) is 6.69. The van der Waals surface area contributed by atoms with Crippen molar-refractivity contribution in [2.45, 2.75) is 6.42 Å². The van der Waals surface area contributed by atoms with Crippen LogP contribution in [0.3, 0.4) is 0 Å². The number of thioether (sulfide) groups is 1. The summed E-state index contributed by atoms with van der Waals surface area (Å²) in [5.74, 6) is 0.442. The second kappa shape index (κ2) is 8.02. The molecule has 0 bridgehead atoms. The molecule has 2 aromatic rings. The lowest BCUT2D eigenvalue weighted by Gasteiger charge is -2.07. The standard InChI is InChI=1S/C18H18N2O4S/c21-17(22)11-25-6-4-20-18(23)15-8-14(9-19-10-15)12-1-2-16-13(7-12)3-5-24-16/h1-2,7-10H,3-6,11H2,(H,20,23)(H,21,22). The van der Waals surface area contributed by atoms with Crippen LogP contribution in [0.15, 0.2) is 36.7 Å². The Labute approximate surface area is 149 Å². The van der Waals surface area contributed by atoms with Crippen LogP contribution in [0.25, 0.3) is 11.1 Å². The van der Waals surface area contributed by atoms with Crippen LogP contribution in [-0.2, 0) is 11.2 Å². The third kappa shape index (κ3) is 4.51. The number of ether oxygens (including phenoxy) is 1. The van der Waals surface area contributed by atoms with Crippen molar-refractivity contribution < 1.29 is 19.4 Å². The summed E-state index contributed by atoms with van der Waals surface area (Å²) in [6, 6.07) is 7.79. The molecular formula is C18H18N2O4S. The van der Waals surface area contributed by atoms with Crippen molar-refractivity contribution in [3.63, 3.8) is 0 Å². The van der Waals surface area contributed by atoms with E-state index in [4.69, 9.17) is 9.84 Å². The summed E-state index contributed by atoms with van der Waals surface area (Å²) in [6.45, 7) is 1.12. The van der Waals surface area contributed by atoms with E-state index in [1.807, 2.05) is 18.2 Å². The lowest BCUT2D eigenvalue weighted by Crippen LogP contribution is -2.26. The minimum Gasteiger partial charge on any atom is -0.493 e. The minimum atomic E-state index is -0.854. The van der Waals surface area contributed by atoms with Crippen LogP contribution in [-0.4, -0.2) is 46.6 Å². The Morgan fingerprint density at radius 2 is 2.12 bits per heavy atom. The number of carbonyl (C=O) groups excluding carboxylic acids is 1. The number of carboxylic acid groups (broad SMARTS) is 1. The molecule has 0 saturated heterocycles. The fourth-order valence-electron chi connectivity index (χ4n) is 2.59. The van der Waals surface area contributed by atoms with Crippen LogP contribution in [0, 0.1) is 0 Å². The molecule has 0 fully saturated rings. The number of rotatable bonds is 7. The molecular weight excluding hydrogens is 340 g/mol. The predicted molar refractivity (Wildman–Crippen MR) is 96.2 cm³/mol. The minimum absolute atomic E-state index is 0.0367. The van der Waals surface area contributed by atoms with Gasteiger partial charge in [0.15, 0.2) is 0 Å². The average molecular weight is 358 g/mol. The van der Waals surface area contributed by atoms with E-state index in [2.05, 4.69) is 16.4 Å². The first-order valence-electron chi connectivity index (χ1n) is 7.92. The molecule has 0 radical (unpaired) electrons. The molecule has 2 heterocycles.